The molecule has 1 saturated heterocycles. The molecule has 5 rings (SSSR count). The van der Waals surface area contributed by atoms with Crippen LogP contribution in [0.2, 0.25) is 0 Å². The molecule has 1 aliphatic rings. The number of hydrogen-bond donors (Lipinski definition) is 1. The summed E-state index contributed by atoms with van der Waals surface area (Å²) in [5, 5.41) is 0.481. The molecular weight excluding hydrogens is 457 g/mol. The van der Waals surface area contributed by atoms with Gasteiger partial charge in [-0.1, -0.05) is 42.5 Å². The van der Waals surface area contributed by atoms with E-state index in [4.69, 9.17) is 4.74 Å². The van der Waals surface area contributed by atoms with Crippen LogP contribution in [0.25, 0.3) is 11.0 Å². The maximum atomic E-state index is 13.0. The Balaban J connectivity index is 0.00000152. The molecular formula is C26H30MgN4O2S. The summed E-state index contributed by atoms with van der Waals surface area (Å²) in [6.45, 7) is 5.02. The Labute approximate surface area is 221 Å². The van der Waals surface area contributed by atoms with Crippen LogP contribution in [0.1, 0.15) is 32.5 Å². The zero-order chi connectivity index (χ0) is 22.6. The molecule has 2 aromatic carbocycles. The molecule has 174 valence electrons. The van der Waals surface area contributed by atoms with Gasteiger partial charge < -0.3 is 12.6 Å². The van der Waals surface area contributed by atoms with Crippen molar-refractivity contribution in [2.75, 3.05) is 13.1 Å². The number of pyridine rings is 1. The third-order valence-corrected chi connectivity index (χ3v) is 7.35. The van der Waals surface area contributed by atoms with Crippen LogP contribution in [0.3, 0.4) is 0 Å². The standard InChI is InChI=1S/C26H28N4O2S.Mg.2H/c1-19-24(18-33(31)26-28-22-9-5-6-10-23(22)29-26)27-14-11-25(19)32-21-12-15-30(16-13-21)17-20-7-3-2-4-8-20;;;/h2-11,14,21H,12-13,15-18H2,1H3,(H,28,29);;;/q;+2;2*-1. The third-order valence-electron chi connectivity index (χ3n) is 6.19. The molecule has 0 amide bonds. The minimum Gasteiger partial charge on any atom is -1.00 e. The Morgan fingerprint density at radius 3 is 2.59 bits per heavy atom. The number of imidazole rings is 1. The number of para-hydroxylation sites is 2. The maximum absolute atomic E-state index is 13.0. The molecule has 6 nitrogen and oxygen atoms in total. The Hall–Kier alpha value is -2.26. The van der Waals surface area contributed by atoms with E-state index >= 15 is 0 Å². The number of rotatable bonds is 7. The number of nitrogens with zero attached hydrogens (tertiary/aromatic N) is 3. The van der Waals surface area contributed by atoms with Crippen molar-refractivity contribution in [1.82, 2.24) is 19.9 Å². The van der Waals surface area contributed by atoms with E-state index in [9.17, 15) is 4.21 Å². The van der Waals surface area contributed by atoms with Gasteiger partial charge in [0, 0.05) is 31.4 Å². The van der Waals surface area contributed by atoms with Crippen LogP contribution in [0.4, 0.5) is 0 Å². The molecule has 34 heavy (non-hydrogen) atoms. The van der Waals surface area contributed by atoms with E-state index in [2.05, 4.69) is 50.2 Å². The van der Waals surface area contributed by atoms with Gasteiger partial charge in [0.1, 0.15) is 11.9 Å². The summed E-state index contributed by atoms with van der Waals surface area (Å²) in [7, 11) is -1.31. The molecule has 0 bridgehead atoms. The van der Waals surface area contributed by atoms with E-state index in [0.717, 1.165) is 60.5 Å². The fraction of sp³-hybridized carbons (Fsp3) is 0.308. The number of ether oxygens (including phenoxy) is 1. The van der Waals surface area contributed by atoms with Crippen LogP contribution in [0.5, 0.6) is 5.75 Å². The van der Waals surface area contributed by atoms with Crippen molar-refractivity contribution in [2.24, 2.45) is 0 Å². The molecule has 0 aliphatic carbocycles. The Morgan fingerprint density at radius 2 is 1.82 bits per heavy atom. The first-order chi connectivity index (χ1) is 16.2. The number of hydrogen-bond acceptors (Lipinski definition) is 5. The number of nitrogens with one attached hydrogen (secondary N) is 1. The number of H-pyrrole nitrogens is 1. The Morgan fingerprint density at radius 1 is 1.09 bits per heavy atom. The van der Waals surface area contributed by atoms with Crippen molar-refractivity contribution in [3.63, 3.8) is 0 Å². The minimum absolute atomic E-state index is 0. The second-order valence-electron chi connectivity index (χ2n) is 8.51. The summed E-state index contributed by atoms with van der Waals surface area (Å²) in [4.78, 5) is 14.6. The molecule has 0 spiro atoms. The summed E-state index contributed by atoms with van der Waals surface area (Å²) in [5.41, 5.74) is 4.80. The van der Waals surface area contributed by atoms with Crippen molar-refractivity contribution in [3.8, 4) is 5.75 Å². The number of aromatic amines is 1. The molecule has 1 aliphatic heterocycles. The zero-order valence-corrected chi connectivity index (χ0v) is 21.7. The summed E-state index contributed by atoms with van der Waals surface area (Å²) in [5.74, 6) is 1.14. The van der Waals surface area contributed by atoms with E-state index < -0.39 is 10.8 Å². The van der Waals surface area contributed by atoms with E-state index in [0.29, 0.717) is 10.9 Å². The normalized spacial score (nSPS) is 15.7. The van der Waals surface area contributed by atoms with Crippen molar-refractivity contribution < 1.29 is 11.8 Å². The molecule has 1 fully saturated rings. The molecule has 4 aromatic rings. The second-order valence-corrected chi connectivity index (χ2v) is 9.88. The number of fused-ring (bicyclic) bond motifs is 1. The van der Waals surface area contributed by atoms with Gasteiger partial charge in [0.05, 0.1) is 33.3 Å². The first-order valence-electron chi connectivity index (χ1n) is 11.4. The van der Waals surface area contributed by atoms with Gasteiger partial charge in [0.25, 0.3) is 0 Å². The van der Waals surface area contributed by atoms with Gasteiger partial charge in [-0.05, 0) is 43.5 Å². The molecule has 0 saturated carbocycles. The average molecular weight is 487 g/mol. The second kappa shape index (κ2) is 11.4. The van der Waals surface area contributed by atoms with Gasteiger partial charge in [-0.3, -0.25) is 14.1 Å². The molecule has 0 radical (unpaired) electrons. The average Bonchev–Trinajstić information content (AvgIpc) is 3.28. The predicted molar refractivity (Wildman–Crippen MR) is 139 cm³/mol. The van der Waals surface area contributed by atoms with Crippen LogP contribution in [-0.4, -0.2) is 66.3 Å². The van der Waals surface area contributed by atoms with Gasteiger partial charge in [0.15, 0.2) is 5.16 Å². The quantitative estimate of drug-likeness (QED) is 0.390. The third kappa shape index (κ3) is 5.86. The largest absolute Gasteiger partial charge is 2.00 e. The van der Waals surface area contributed by atoms with Crippen LogP contribution < -0.4 is 4.74 Å². The fourth-order valence-electron chi connectivity index (χ4n) is 4.27. The van der Waals surface area contributed by atoms with E-state index in [1.165, 1.54) is 5.56 Å². The van der Waals surface area contributed by atoms with Crippen LogP contribution in [0.15, 0.2) is 72.0 Å². The molecule has 1 unspecified atom stereocenters. The fourth-order valence-corrected chi connectivity index (χ4v) is 5.37. The van der Waals surface area contributed by atoms with Crippen LogP contribution in [0, 0.1) is 6.92 Å². The van der Waals surface area contributed by atoms with Crippen molar-refractivity contribution in [3.05, 3.63) is 83.7 Å². The summed E-state index contributed by atoms with van der Waals surface area (Å²) in [6.07, 6.45) is 3.92. The molecule has 1 N–H and O–H groups in total. The van der Waals surface area contributed by atoms with Crippen molar-refractivity contribution in [2.45, 2.75) is 43.3 Å². The van der Waals surface area contributed by atoms with Crippen molar-refractivity contribution in [1.29, 1.82) is 0 Å². The van der Waals surface area contributed by atoms with E-state index in [-0.39, 0.29) is 32.0 Å². The predicted octanol–water partition coefficient (Wildman–Crippen LogP) is 4.46. The maximum Gasteiger partial charge on any atom is 2.00 e. The number of piperidine rings is 1. The van der Waals surface area contributed by atoms with Gasteiger partial charge in [-0.2, -0.15) is 0 Å². The smallest absolute Gasteiger partial charge is 1.00 e. The molecule has 8 heteroatoms. The SMILES string of the molecule is Cc1c(OC2CCN(Cc3ccccc3)CC2)ccnc1CS(=O)c1nc2ccccc2[nH]1.[H-].[H-].[Mg+2]. The van der Waals surface area contributed by atoms with E-state index in [1.54, 1.807) is 6.20 Å². The molecule has 3 heterocycles. The summed E-state index contributed by atoms with van der Waals surface area (Å²) >= 11 is 0. The molecule has 2 aromatic heterocycles. The van der Waals surface area contributed by atoms with Crippen molar-refractivity contribution >= 4 is 44.9 Å². The van der Waals surface area contributed by atoms with Gasteiger partial charge >= 0.3 is 23.1 Å². The Bertz CT molecular complexity index is 1230. The Kier molecular flexibility index (Phi) is 8.36. The van der Waals surface area contributed by atoms with Gasteiger partial charge in [0.2, 0.25) is 0 Å². The van der Waals surface area contributed by atoms with Gasteiger partial charge in [-0.25, -0.2) is 4.98 Å². The first-order valence-corrected chi connectivity index (χ1v) is 12.7. The summed E-state index contributed by atoms with van der Waals surface area (Å²) in [6, 6.07) is 20.2. The number of likely N-dealkylation sites (tertiary alicyclic amines) is 1. The van der Waals surface area contributed by atoms with Crippen LogP contribution in [-0.2, 0) is 23.1 Å². The molecule has 1 atom stereocenters. The summed E-state index contributed by atoms with van der Waals surface area (Å²) < 4.78 is 19.3. The van der Waals surface area contributed by atoms with E-state index in [1.807, 2.05) is 37.3 Å². The number of benzene rings is 2. The first kappa shape index (κ1) is 24.8. The van der Waals surface area contributed by atoms with Gasteiger partial charge in [-0.15, -0.1) is 0 Å². The monoisotopic (exact) mass is 486 g/mol. The topological polar surface area (TPSA) is 71.1 Å². The number of aromatic nitrogens is 3. The minimum atomic E-state index is -1.31. The zero-order valence-electron chi connectivity index (χ0n) is 21.4. The van der Waals surface area contributed by atoms with Crippen LogP contribution >= 0.6 is 0 Å².